The number of rotatable bonds is 3. The predicted octanol–water partition coefficient (Wildman–Crippen LogP) is 2.42. The Labute approximate surface area is 88.8 Å². The predicted molar refractivity (Wildman–Crippen MR) is 58.0 cm³/mol. The van der Waals surface area contributed by atoms with Crippen molar-refractivity contribution in [2.75, 3.05) is 18.9 Å². The SMILES string of the molecule is CN(CCBr)C(=O)C1CCCCC1. The van der Waals surface area contributed by atoms with Gasteiger partial charge >= 0.3 is 0 Å². The van der Waals surface area contributed by atoms with Crippen molar-refractivity contribution in [2.24, 2.45) is 5.92 Å². The highest BCUT2D eigenvalue weighted by molar-refractivity contribution is 9.09. The highest BCUT2D eigenvalue weighted by atomic mass is 79.9. The van der Waals surface area contributed by atoms with Crippen LogP contribution in [0.2, 0.25) is 0 Å². The maximum absolute atomic E-state index is 11.8. The molecule has 2 nitrogen and oxygen atoms in total. The monoisotopic (exact) mass is 247 g/mol. The number of halogens is 1. The van der Waals surface area contributed by atoms with Crippen LogP contribution in [-0.4, -0.2) is 29.7 Å². The van der Waals surface area contributed by atoms with Gasteiger partial charge in [0.25, 0.3) is 0 Å². The van der Waals surface area contributed by atoms with Crippen LogP contribution >= 0.6 is 15.9 Å². The molecule has 1 aliphatic rings. The lowest BCUT2D eigenvalue weighted by Gasteiger charge is -2.25. The van der Waals surface area contributed by atoms with E-state index in [1.54, 1.807) is 0 Å². The molecule has 1 fully saturated rings. The fourth-order valence-corrected chi connectivity index (χ4v) is 2.43. The van der Waals surface area contributed by atoms with Gasteiger partial charge in [-0.05, 0) is 12.8 Å². The van der Waals surface area contributed by atoms with Gasteiger partial charge in [0, 0.05) is 24.8 Å². The van der Waals surface area contributed by atoms with Crippen molar-refractivity contribution in [3.63, 3.8) is 0 Å². The van der Waals surface area contributed by atoms with E-state index in [0.29, 0.717) is 11.8 Å². The van der Waals surface area contributed by atoms with Crippen LogP contribution in [0.3, 0.4) is 0 Å². The van der Waals surface area contributed by atoms with Crippen LogP contribution in [0, 0.1) is 5.92 Å². The first-order valence-corrected chi connectivity index (χ1v) is 6.19. The van der Waals surface area contributed by atoms with E-state index in [9.17, 15) is 4.79 Å². The minimum atomic E-state index is 0.317. The molecule has 0 radical (unpaired) electrons. The molecule has 1 saturated carbocycles. The maximum atomic E-state index is 11.8. The minimum absolute atomic E-state index is 0.317. The Morgan fingerprint density at radius 3 is 2.54 bits per heavy atom. The summed E-state index contributed by atoms with van der Waals surface area (Å²) in [7, 11) is 1.90. The summed E-state index contributed by atoms with van der Waals surface area (Å²) in [6.07, 6.45) is 5.99. The first-order chi connectivity index (χ1) is 6.25. The van der Waals surface area contributed by atoms with Crippen LogP contribution < -0.4 is 0 Å². The second-order valence-electron chi connectivity index (χ2n) is 3.78. The summed E-state index contributed by atoms with van der Waals surface area (Å²) in [5, 5.41) is 0.877. The Morgan fingerprint density at radius 1 is 1.38 bits per heavy atom. The molecule has 0 aromatic carbocycles. The van der Waals surface area contributed by atoms with Crippen molar-refractivity contribution >= 4 is 21.8 Å². The molecule has 0 aromatic heterocycles. The summed E-state index contributed by atoms with van der Waals surface area (Å²) in [4.78, 5) is 13.6. The van der Waals surface area contributed by atoms with Gasteiger partial charge in [0.1, 0.15) is 0 Å². The molecule has 0 spiro atoms. The van der Waals surface area contributed by atoms with E-state index in [2.05, 4.69) is 15.9 Å². The van der Waals surface area contributed by atoms with E-state index in [0.717, 1.165) is 24.7 Å². The van der Waals surface area contributed by atoms with E-state index >= 15 is 0 Å². The number of amides is 1. The molecule has 0 bridgehead atoms. The number of nitrogens with zero attached hydrogens (tertiary/aromatic N) is 1. The summed E-state index contributed by atoms with van der Waals surface area (Å²) in [5.41, 5.74) is 0. The molecule has 0 atom stereocenters. The molecule has 76 valence electrons. The summed E-state index contributed by atoms with van der Waals surface area (Å²) >= 11 is 3.35. The lowest BCUT2D eigenvalue weighted by Crippen LogP contribution is -2.35. The van der Waals surface area contributed by atoms with Crippen LogP contribution in [0.25, 0.3) is 0 Å². The molecule has 1 amide bonds. The Morgan fingerprint density at radius 2 is 2.00 bits per heavy atom. The number of carbonyl (C=O) groups is 1. The summed E-state index contributed by atoms with van der Waals surface area (Å²) in [5.74, 6) is 0.664. The normalized spacial score (nSPS) is 18.6. The largest absolute Gasteiger partial charge is 0.345 e. The van der Waals surface area contributed by atoms with Crippen LogP contribution in [0.5, 0.6) is 0 Å². The topological polar surface area (TPSA) is 20.3 Å². The Balaban J connectivity index is 2.36. The van der Waals surface area contributed by atoms with Gasteiger partial charge in [-0.1, -0.05) is 35.2 Å². The van der Waals surface area contributed by atoms with E-state index in [1.165, 1.54) is 19.3 Å². The Bertz CT molecular complexity index is 166. The summed E-state index contributed by atoms with van der Waals surface area (Å²) < 4.78 is 0. The van der Waals surface area contributed by atoms with Crippen LogP contribution in [-0.2, 0) is 4.79 Å². The van der Waals surface area contributed by atoms with Crippen molar-refractivity contribution in [1.82, 2.24) is 4.90 Å². The van der Waals surface area contributed by atoms with Crippen molar-refractivity contribution in [2.45, 2.75) is 32.1 Å². The average molecular weight is 248 g/mol. The zero-order valence-corrected chi connectivity index (χ0v) is 9.85. The lowest BCUT2D eigenvalue weighted by atomic mass is 9.88. The summed E-state index contributed by atoms with van der Waals surface area (Å²) in [6.45, 7) is 0.829. The molecule has 3 heteroatoms. The molecule has 0 heterocycles. The molecule has 13 heavy (non-hydrogen) atoms. The van der Waals surface area contributed by atoms with Gasteiger partial charge in [0.15, 0.2) is 0 Å². The average Bonchev–Trinajstić information content (AvgIpc) is 2.18. The highest BCUT2D eigenvalue weighted by Crippen LogP contribution is 2.24. The maximum Gasteiger partial charge on any atom is 0.225 e. The van der Waals surface area contributed by atoms with Gasteiger partial charge in [-0.3, -0.25) is 4.79 Å². The third-order valence-electron chi connectivity index (χ3n) is 2.75. The van der Waals surface area contributed by atoms with Crippen LogP contribution in [0.1, 0.15) is 32.1 Å². The molecular weight excluding hydrogens is 230 g/mol. The molecular formula is C10H18BrNO. The zero-order chi connectivity index (χ0) is 9.68. The van der Waals surface area contributed by atoms with Gasteiger partial charge in [0.05, 0.1) is 0 Å². The van der Waals surface area contributed by atoms with Crippen molar-refractivity contribution in [1.29, 1.82) is 0 Å². The van der Waals surface area contributed by atoms with E-state index in [4.69, 9.17) is 0 Å². The molecule has 1 aliphatic carbocycles. The third-order valence-corrected chi connectivity index (χ3v) is 3.11. The lowest BCUT2D eigenvalue weighted by molar-refractivity contribution is -0.134. The Hall–Kier alpha value is -0.0500. The third kappa shape index (κ3) is 3.29. The van der Waals surface area contributed by atoms with Gasteiger partial charge in [-0.2, -0.15) is 0 Å². The second-order valence-corrected chi connectivity index (χ2v) is 4.58. The first-order valence-electron chi connectivity index (χ1n) is 5.06. The zero-order valence-electron chi connectivity index (χ0n) is 8.26. The van der Waals surface area contributed by atoms with Crippen LogP contribution in [0.4, 0.5) is 0 Å². The van der Waals surface area contributed by atoms with Gasteiger partial charge < -0.3 is 4.90 Å². The van der Waals surface area contributed by atoms with Crippen molar-refractivity contribution in [3.05, 3.63) is 0 Å². The molecule has 0 N–H and O–H groups in total. The highest BCUT2D eigenvalue weighted by Gasteiger charge is 2.23. The Kier molecular flexibility index (Phi) is 4.78. The van der Waals surface area contributed by atoms with Gasteiger partial charge in [-0.15, -0.1) is 0 Å². The first kappa shape index (κ1) is 11.0. The molecule has 0 aromatic rings. The van der Waals surface area contributed by atoms with Gasteiger partial charge in [0.2, 0.25) is 5.91 Å². The molecule has 1 rings (SSSR count). The molecule has 0 unspecified atom stereocenters. The quantitative estimate of drug-likeness (QED) is 0.702. The smallest absolute Gasteiger partial charge is 0.225 e. The van der Waals surface area contributed by atoms with E-state index < -0.39 is 0 Å². The minimum Gasteiger partial charge on any atom is -0.345 e. The second kappa shape index (κ2) is 5.63. The fraction of sp³-hybridized carbons (Fsp3) is 0.900. The number of hydrogen-bond donors (Lipinski definition) is 0. The van der Waals surface area contributed by atoms with Gasteiger partial charge in [-0.25, -0.2) is 0 Å². The number of hydrogen-bond acceptors (Lipinski definition) is 1. The molecule has 0 saturated heterocycles. The van der Waals surface area contributed by atoms with E-state index in [1.807, 2.05) is 11.9 Å². The summed E-state index contributed by atoms with van der Waals surface area (Å²) in [6, 6.07) is 0. The standard InChI is InChI=1S/C10H18BrNO/c1-12(8-7-11)10(13)9-5-3-2-4-6-9/h9H,2-8H2,1H3. The van der Waals surface area contributed by atoms with E-state index in [-0.39, 0.29) is 0 Å². The molecule has 0 aliphatic heterocycles. The van der Waals surface area contributed by atoms with Crippen molar-refractivity contribution in [3.8, 4) is 0 Å². The van der Waals surface area contributed by atoms with Crippen LogP contribution in [0.15, 0.2) is 0 Å². The number of carbonyl (C=O) groups excluding carboxylic acids is 1. The fourth-order valence-electron chi connectivity index (χ4n) is 1.90. The van der Waals surface area contributed by atoms with Crippen molar-refractivity contribution < 1.29 is 4.79 Å². The number of alkyl halides is 1.